The predicted molar refractivity (Wildman–Crippen MR) is 193 cm³/mol. The van der Waals surface area contributed by atoms with Crippen LogP contribution in [-0.2, 0) is 0 Å². The summed E-state index contributed by atoms with van der Waals surface area (Å²) in [5, 5.41) is 8.38. The topological polar surface area (TPSA) is 128 Å². The van der Waals surface area contributed by atoms with Crippen molar-refractivity contribution < 1.29 is 28.6 Å². The molecule has 3 N–H and O–H groups in total. The number of methoxy groups -OCH3 is 1. The standard InChI is InChI=1S/C39H46N4O6/c1-4-6-8-10-24-48-33-20-14-28(15-21-33)37(44)40-31-26-35(42-38(45)29-12-18-32(47-3)19-13-29)41-36(27-31)43-39(46)30-16-22-34(23-17-30)49-25-11-9-7-5-2/h12-23,26-27H,4-11,24-25H2,1-3H3,(H3,40,41,42,43,44,45,46). The fourth-order valence-corrected chi connectivity index (χ4v) is 4.90. The summed E-state index contributed by atoms with van der Waals surface area (Å²) >= 11 is 0. The van der Waals surface area contributed by atoms with Crippen LogP contribution in [0.3, 0.4) is 0 Å². The lowest BCUT2D eigenvalue weighted by Crippen LogP contribution is -2.18. The molecule has 0 aliphatic carbocycles. The highest BCUT2D eigenvalue weighted by molar-refractivity contribution is 6.08. The summed E-state index contributed by atoms with van der Waals surface area (Å²) < 4.78 is 16.8. The zero-order valence-corrected chi connectivity index (χ0v) is 28.6. The molecule has 4 rings (SSSR count). The molecule has 1 heterocycles. The van der Waals surface area contributed by atoms with E-state index in [1.165, 1.54) is 25.0 Å². The zero-order valence-electron chi connectivity index (χ0n) is 28.6. The van der Waals surface area contributed by atoms with E-state index in [2.05, 4.69) is 34.8 Å². The number of hydrogen-bond acceptors (Lipinski definition) is 7. The quantitative estimate of drug-likeness (QED) is 0.0854. The number of rotatable bonds is 19. The van der Waals surface area contributed by atoms with Crippen LogP contribution in [-0.4, -0.2) is 43.0 Å². The molecule has 0 aliphatic heterocycles. The molecule has 0 saturated carbocycles. The predicted octanol–water partition coefficient (Wildman–Crippen LogP) is 8.77. The molecule has 10 heteroatoms. The van der Waals surface area contributed by atoms with E-state index in [0.717, 1.165) is 38.5 Å². The molecule has 258 valence electrons. The van der Waals surface area contributed by atoms with Crippen molar-refractivity contribution >= 4 is 35.0 Å². The number of carbonyl (C=O) groups is 3. The molecule has 0 atom stereocenters. The number of nitrogens with one attached hydrogen (secondary N) is 3. The third-order valence-corrected chi connectivity index (χ3v) is 7.68. The van der Waals surface area contributed by atoms with E-state index in [-0.39, 0.29) is 17.5 Å². The minimum Gasteiger partial charge on any atom is -0.497 e. The molecule has 0 spiro atoms. The second-order valence-corrected chi connectivity index (χ2v) is 11.6. The van der Waals surface area contributed by atoms with Gasteiger partial charge in [-0.2, -0.15) is 0 Å². The SMILES string of the molecule is CCCCCCOc1ccc(C(=O)Nc2cc(NC(=O)c3ccc(OC)cc3)nc(NC(=O)c3ccc(OCCCCCC)cc3)c2)cc1. The number of ether oxygens (including phenoxy) is 3. The van der Waals surface area contributed by atoms with Crippen molar-refractivity contribution in [2.45, 2.75) is 65.2 Å². The van der Waals surface area contributed by atoms with Gasteiger partial charge in [0, 0.05) is 34.5 Å². The highest BCUT2D eigenvalue weighted by Gasteiger charge is 2.15. The van der Waals surface area contributed by atoms with E-state index in [4.69, 9.17) is 14.2 Å². The average molecular weight is 667 g/mol. The number of nitrogens with zero attached hydrogens (tertiary/aromatic N) is 1. The van der Waals surface area contributed by atoms with Crippen molar-refractivity contribution in [2.24, 2.45) is 0 Å². The van der Waals surface area contributed by atoms with E-state index < -0.39 is 11.8 Å². The summed E-state index contributed by atoms with van der Waals surface area (Å²) in [4.78, 5) is 43.9. The van der Waals surface area contributed by atoms with E-state index in [0.29, 0.717) is 52.8 Å². The Labute approximate surface area is 288 Å². The summed E-state index contributed by atoms with van der Waals surface area (Å²) in [5.74, 6) is 1.04. The molecule has 0 aliphatic rings. The van der Waals surface area contributed by atoms with Crippen LogP contribution in [0.1, 0.15) is 96.3 Å². The summed E-state index contributed by atoms with van der Waals surface area (Å²) in [6.45, 7) is 5.58. The van der Waals surface area contributed by atoms with Crippen molar-refractivity contribution in [1.29, 1.82) is 0 Å². The molecule has 4 aromatic rings. The zero-order chi connectivity index (χ0) is 34.8. The molecule has 0 bridgehead atoms. The van der Waals surface area contributed by atoms with Crippen molar-refractivity contribution in [3.63, 3.8) is 0 Å². The fraction of sp³-hybridized carbons (Fsp3) is 0.333. The molecular formula is C39H46N4O6. The molecule has 49 heavy (non-hydrogen) atoms. The number of carbonyl (C=O) groups excluding carboxylic acids is 3. The number of pyridine rings is 1. The van der Waals surface area contributed by atoms with Crippen molar-refractivity contribution in [3.05, 3.63) is 102 Å². The highest BCUT2D eigenvalue weighted by atomic mass is 16.5. The summed E-state index contributed by atoms with van der Waals surface area (Å²) in [6, 6.07) is 23.4. The Hall–Kier alpha value is -5.38. The molecule has 0 saturated heterocycles. The van der Waals surface area contributed by atoms with Gasteiger partial charge >= 0.3 is 0 Å². The van der Waals surface area contributed by atoms with Gasteiger partial charge in [0.2, 0.25) is 0 Å². The Bertz CT molecular complexity index is 1550. The first-order valence-corrected chi connectivity index (χ1v) is 16.9. The van der Waals surface area contributed by atoms with Gasteiger partial charge < -0.3 is 30.2 Å². The molecule has 0 unspecified atom stereocenters. The Balaban J connectivity index is 1.46. The highest BCUT2D eigenvalue weighted by Crippen LogP contribution is 2.23. The van der Waals surface area contributed by atoms with Crippen LogP contribution < -0.4 is 30.2 Å². The van der Waals surface area contributed by atoms with E-state index in [9.17, 15) is 14.4 Å². The van der Waals surface area contributed by atoms with Crippen LogP contribution in [0.2, 0.25) is 0 Å². The Morgan fingerprint density at radius 1 is 0.531 bits per heavy atom. The number of hydrogen-bond donors (Lipinski definition) is 3. The van der Waals surface area contributed by atoms with Gasteiger partial charge in [0.05, 0.1) is 20.3 Å². The normalized spacial score (nSPS) is 10.6. The number of anilines is 3. The lowest BCUT2D eigenvalue weighted by molar-refractivity contribution is 0.101. The van der Waals surface area contributed by atoms with Crippen LogP contribution in [0.4, 0.5) is 17.3 Å². The molecule has 3 amide bonds. The number of aromatic nitrogens is 1. The van der Waals surface area contributed by atoms with Crippen molar-refractivity contribution in [1.82, 2.24) is 4.98 Å². The van der Waals surface area contributed by atoms with Gasteiger partial charge in [0.15, 0.2) is 0 Å². The van der Waals surface area contributed by atoms with Gasteiger partial charge in [-0.1, -0.05) is 52.4 Å². The summed E-state index contributed by atoms with van der Waals surface area (Å²) in [7, 11) is 1.55. The lowest BCUT2D eigenvalue weighted by atomic mass is 10.2. The largest absolute Gasteiger partial charge is 0.497 e. The van der Waals surface area contributed by atoms with E-state index in [1.807, 2.05) is 0 Å². The van der Waals surface area contributed by atoms with E-state index in [1.54, 1.807) is 79.9 Å². The van der Waals surface area contributed by atoms with Crippen molar-refractivity contribution in [2.75, 3.05) is 36.3 Å². The molecular weight excluding hydrogens is 620 g/mol. The van der Waals surface area contributed by atoms with Crippen LogP contribution in [0, 0.1) is 0 Å². The monoisotopic (exact) mass is 666 g/mol. The Morgan fingerprint density at radius 2 is 0.918 bits per heavy atom. The lowest BCUT2D eigenvalue weighted by Gasteiger charge is -2.13. The maximum Gasteiger partial charge on any atom is 0.256 e. The number of amides is 3. The Morgan fingerprint density at radius 3 is 1.31 bits per heavy atom. The molecule has 10 nitrogen and oxygen atoms in total. The van der Waals surface area contributed by atoms with Gasteiger partial charge in [0.1, 0.15) is 28.9 Å². The maximum atomic E-state index is 13.2. The summed E-state index contributed by atoms with van der Waals surface area (Å²) in [5.41, 5.74) is 1.51. The van der Waals surface area contributed by atoms with Gasteiger partial charge in [-0.05, 0) is 85.6 Å². The second kappa shape index (κ2) is 19.4. The summed E-state index contributed by atoms with van der Waals surface area (Å²) in [6.07, 6.45) is 8.87. The van der Waals surface area contributed by atoms with Crippen molar-refractivity contribution in [3.8, 4) is 17.2 Å². The fourth-order valence-electron chi connectivity index (χ4n) is 4.90. The Kier molecular flexibility index (Phi) is 14.5. The molecule has 3 aromatic carbocycles. The maximum absolute atomic E-state index is 13.2. The molecule has 0 fully saturated rings. The number of benzene rings is 3. The van der Waals surface area contributed by atoms with E-state index >= 15 is 0 Å². The third-order valence-electron chi connectivity index (χ3n) is 7.68. The van der Waals surface area contributed by atoms with Gasteiger partial charge in [-0.15, -0.1) is 0 Å². The number of unbranched alkanes of at least 4 members (excludes halogenated alkanes) is 6. The molecule has 1 aromatic heterocycles. The first-order chi connectivity index (χ1) is 23.9. The van der Waals surface area contributed by atoms with Gasteiger partial charge in [-0.3, -0.25) is 14.4 Å². The second-order valence-electron chi connectivity index (χ2n) is 11.6. The minimum atomic E-state index is -0.425. The van der Waals surface area contributed by atoms with Crippen LogP contribution in [0.25, 0.3) is 0 Å². The first-order valence-electron chi connectivity index (χ1n) is 16.9. The first kappa shape index (κ1) is 36.5. The third kappa shape index (κ3) is 12.0. The van der Waals surface area contributed by atoms with Crippen LogP contribution >= 0.6 is 0 Å². The smallest absolute Gasteiger partial charge is 0.256 e. The van der Waals surface area contributed by atoms with Crippen LogP contribution in [0.5, 0.6) is 17.2 Å². The van der Waals surface area contributed by atoms with Gasteiger partial charge in [0.25, 0.3) is 17.7 Å². The molecule has 0 radical (unpaired) electrons. The van der Waals surface area contributed by atoms with Crippen LogP contribution in [0.15, 0.2) is 84.9 Å². The van der Waals surface area contributed by atoms with Gasteiger partial charge in [-0.25, -0.2) is 4.98 Å². The minimum absolute atomic E-state index is 0.132. The average Bonchev–Trinajstić information content (AvgIpc) is 3.12.